The van der Waals surface area contributed by atoms with Crippen molar-refractivity contribution >= 4 is 0 Å². The Morgan fingerprint density at radius 1 is 0.452 bits per heavy atom. The van der Waals surface area contributed by atoms with Crippen molar-refractivity contribution in [2.45, 2.75) is 148 Å². The highest BCUT2D eigenvalue weighted by Gasteiger charge is 2.34. The Balaban J connectivity index is 1.23. The number of unbranched alkanes of at least 4 members (excludes halogenated alkanes) is 6. The number of hydrogen-bond donors (Lipinski definition) is 0. The fourth-order valence-corrected chi connectivity index (χ4v) is 7.74. The van der Waals surface area contributed by atoms with Gasteiger partial charge in [0, 0.05) is 0 Å². The van der Waals surface area contributed by atoms with Crippen LogP contribution in [0.15, 0.2) is 0 Å². The summed E-state index contributed by atoms with van der Waals surface area (Å²) < 4.78 is 12.4. The van der Waals surface area contributed by atoms with E-state index in [9.17, 15) is 4.39 Å². The van der Waals surface area contributed by atoms with E-state index in [0.29, 0.717) is 0 Å². The summed E-state index contributed by atoms with van der Waals surface area (Å²) in [6.45, 7) is 2.21. The number of rotatable bonds is 13. The lowest BCUT2D eigenvalue weighted by atomic mass is 9.64. The molecule has 0 amide bonds. The van der Waals surface area contributed by atoms with Gasteiger partial charge in [-0.15, -0.1) is 0 Å². The van der Waals surface area contributed by atoms with Gasteiger partial charge in [-0.1, -0.05) is 84.0 Å². The van der Waals surface area contributed by atoms with Gasteiger partial charge < -0.3 is 0 Å². The topological polar surface area (TPSA) is 0 Å². The summed E-state index contributed by atoms with van der Waals surface area (Å²) in [5.41, 5.74) is 0. The second kappa shape index (κ2) is 15.0. The SMILES string of the molecule is CCCCCCCCCC1CCC(C2CCC(C3CCC(CCCF)CC3)CC2)CC1. The van der Waals surface area contributed by atoms with Crippen molar-refractivity contribution in [2.24, 2.45) is 35.5 Å². The maximum atomic E-state index is 12.4. The van der Waals surface area contributed by atoms with Crippen LogP contribution < -0.4 is 0 Å². The fourth-order valence-electron chi connectivity index (χ4n) is 7.74. The van der Waals surface area contributed by atoms with Crippen LogP contribution in [-0.4, -0.2) is 6.67 Å². The molecule has 0 heterocycles. The molecule has 0 unspecified atom stereocenters. The summed E-state index contributed by atoms with van der Waals surface area (Å²) in [6.07, 6.45) is 31.8. The summed E-state index contributed by atoms with van der Waals surface area (Å²) in [6, 6.07) is 0. The van der Waals surface area contributed by atoms with Crippen LogP contribution in [0.3, 0.4) is 0 Å². The Morgan fingerprint density at radius 2 is 0.806 bits per heavy atom. The number of alkyl halides is 1. The zero-order chi connectivity index (χ0) is 21.7. The van der Waals surface area contributed by atoms with E-state index in [-0.39, 0.29) is 6.67 Å². The minimum Gasteiger partial charge on any atom is -0.251 e. The Labute approximate surface area is 194 Å². The molecular weight excluding hydrogens is 379 g/mol. The summed E-state index contributed by atoms with van der Waals surface area (Å²) >= 11 is 0. The molecule has 0 nitrogen and oxygen atoms in total. The first-order chi connectivity index (χ1) is 15.3. The molecule has 0 aromatic rings. The van der Waals surface area contributed by atoms with Gasteiger partial charge >= 0.3 is 0 Å². The van der Waals surface area contributed by atoms with Crippen LogP contribution >= 0.6 is 0 Å². The molecule has 3 fully saturated rings. The summed E-state index contributed by atoms with van der Waals surface area (Å²) in [4.78, 5) is 0. The van der Waals surface area contributed by atoms with Crippen molar-refractivity contribution < 1.29 is 4.39 Å². The third kappa shape index (κ3) is 9.00. The zero-order valence-electron chi connectivity index (χ0n) is 21.1. The van der Waals surface area contributed by atoms with E-state index >= 15 is 0 Å². The van der Waals surface area contributed by atoms with E-state index in [1.54, 1.807) is 38.5 Å². The van der Waals surface area contributed by atoms with Gasteiger partial charge in [0.05, 0.1) is 6.67 Å². The average molecular weight is 435 g/mol. The van der Waals surface area contributed by atoms with Crippen molar-refractivity contribution in [3.63, 3.8) is 0 Å². The van der Waals surface area contributed by atoms with Crippen molar-refractivity contribution in [2.75, 3.05) is 6.67 Å². The highest BCUT2D eigenvalue weighted by atomic mass is 19.1. The van der Waals surface area contributed by atoms with Crippen molar-refractivity contribution in [1.29, 1.82) is 0 Å². The smallest absolute Gasteiger partial charge is 0.0894 e. The van der Waals surface area contributed by atoms with Crippen LogP contribution in [0.4, 0.5) is 4.39 Å². The molecule has 182 valence electrons. The van der Waals surface area contributed by atoms with Gasteiger partial charge in [0.25, 0.3) is 0 Å². The normalized spacial score (nSPS) is 34.6. The molecule has 0 N–H and O–H groups in total. The molecule has 0 atom stereocenters. The van der Waals surface area contributed by atoms with Crippen LogP contribution in [0.5, 0.6) is 0 Å². The average Bonchev–Trinajstić information content (AvgIpc) is 2.83. The van der Waals surface area contributed by atoms with Gasteiger partial charge in [0.2, 0.25) is 0 Å². The second-order valence-electron chi connectivity index (χ2n) is 12.0. The molecule has 3 rings (SSSR count). The Bertz CT molecular complexity index is 422. The predicted molar refractivity (Wildman–Crippen MR) is 134 cm³/mol. The maximum absolute atomic E-state index is 12.4. The lowest BCUT2D eigenvalue weighted by Gasteiger charge is -2.41. The largest absolute Gasteiger partial charge is 0.251 e. The lowest BCUT2D eigenvalue weighted by Crippen LogP contribution is -2.29. The summed E-state index contributed by atoms with van der Waals surface area (Å²) in [7, 11) is 0. The standard InChI is InChI=1S/C30H55F/c1-2-3-4-5-6-7-8-10-25-12-16-27(17-13-25)29-20-22-30(23-21-29)28-18-14-26(15-19-28)11-9-24-31/h25-30H,2-24H2,1H3. The molecule has 3 aliphatic rings. The van der Waals surface area contributed by atoms with Crippen LogP contribution in [-0.2, 0) is 0 Å². The minimum atomic E-state index is -0.106. The molecule has 1 heteroatoms. The summed E-state index contributed by atoms with van der Waals surface area (Å²) in [5, 5.41) is 0. The highest BCUT2D eigenvalue weighted by Crippen LogP contribution is 2.46. The molecular formula is C30H55F. The van der Waals surface area contributed by atoms with Crippen LogP contribution in [0.1, 0.15) is 148 Å². The van der Waals surface area contributed by atoms with Gasteiger partial charge in [0.15, 0.2) is 0 Å². The Morgan fingerprint density at radius 3 is 1.23 bits per heavy atom. The van der Waals surface area contributed by atoms with E-state index in [1.807, 2.05) is 0 Å². The first kappa shape index (κ1) is 25.6. The van der Waals surface area contributed by atoms with Crippen molar-refractivity contribution in [3.8, 4) is 0 Å². The van der Waals surface area contributed by atoms with Gasteiger partial charge in [-0.05, 0) is 99.7 Å². The van der Waals surface area contributed by atoms with Crippen molar-refractivity contribution in [1.82, 2.24) is 0 Å². The zero-order valence-corrected chi connectivity index (χ0v) is 21.1. The maximum Gasteiger partial charge on any atom is 0.0894 e. The molecule has 0 aliphatic heterocycles. The van der Waals surface area contributed by atoms with Crippen LogP contribution in [0.25, 0.3) is 0 Å². The highest BCUT2D eigenvalue weighted by molar-refractivity contribution is 4.86. The van der Waals surface area contributed by atoms with E-state index in [4.69, 9.17) is 0 Å². The Hall–Kier alpha value is -0.0700. The molecule has 0 spiro atoms. The van der Waals surface area contributed by atoms with E-state index in [0.717, 1.165) is 48.3 Å². The molecule has 3 saturated carbocycles. The van der Waals surface area contributed by atoms with Crippen LogP contribution in [0.2, 0.25) is 0 Å². The van der Waals surface area contributed by atoms with Gasteiger partial charge in [-0.2, -0.15) is 0 Å². The monoisotopic (exact) mass is 434 g/mol. The third-order valence-electron chi connectivity index (χ3n) is 9.89. The lowest BCUT2D eigenvalue weighted by molar-refractivity contribution is 0.102. The van der Waals surface area contributed by atoms with Gasteiger partial charge in [-0.25, -0.2) is 0 Å². The van der Waals surface area contributed by atoms with Crippen molar-refractivity contribution in [3.05, 3.63) is 0 Å². The molecule has 0 radical (unpaired) electrons. The quantitative estimate of drug-likeness (QED) is 0.253. The molecule has 0 saturated heterocycles. The van der Waals surface area contributed by atoms with E-state index in [1.165, 1.54) is 89.9 Å². The Kier molecular flexibility index (Phi) is 12.3. The molecule has 31 heavy (non-hydrogen) atoms. The number of hydrogen-bond acceptors (Lipinski definition) is 0. The van der Waals surface area contributed by atoms with Crippen LogP contribution in [0, 0.1) is 35.5 Å². The van der Waals surface area contributed by atoms with Gasteiger partial charge in [0.1, 0.15) is 0 Å². The summed E-state index contributed by atoms with van der Waals surface area (Å²) in [5.74, 6) is 6.10. The molecule has 0 bridgehead atoms. The fraction of sp³-hybridized carbons (Fsp3) is 1.00. The predicted octanol–water partition coefficient (Wildman–Crippen LogP) is 10.3. The van der Waals surface area contributed by atoms with E-state index < -0.39 is 0 Å². The van der Waals surface area contributed by atoms with Gasteiger partial charge in [-0.3, -0.25) is 4.39 Å². The second-order valence-corrected chi connectivity index (χ2v) is 12.0. The molecule has 0 aromatic heterocycles. The first-order valence-electron chi connectivity index (χ1n) is 14.9. The van der Waals surface area contributed by atoms with E-state index in [2.05, 4.69) is 6.92 Å². The number of halogens is 1. The first-order valence-corrected chi connectivity index (χ1v) is 14.9. The molecule has 3 aliphatic carbocycles. The molecule has 0 aromatic carbocycles. The third-order valence-corrected chi connectivity index (χ3v) is 9.89. The minimum absolute atomic E-state index is 0.106.